The lowest BCUT2D eigenvalue weighted by Gasteiger charge is -2.35. The maximum absolute atomic E-state index is 12.5. The van der Waals surface area contributed by atoms with Crippen molar-refractivity contribution in [1.29, 1.82) is 0 Å². The molecule has 1 aliphatic carbocycles. The van der Waals surface area contributed by atoms with Crippen molar-refractivity contribution in [2.45, 2.75) is 167 Å². The van der Waals surface area contributed by atoms with Crippen molar-refractivity contribution in [3.63, 3.8) is 0 Å². The molecular weight excluding hydrogens is 502 g/mol. The van der Waals surface area contributed by atoms with Crippen LogP contribution < -0.4 is 16.0 Å². The van der Waals surface area contributed by atoms with Gasteiger partial charge >= 0.3 is 5.97 Å². The highest BCUT2D eigenvalue weighted by Gasteiger charge is 2.37. The van der Waals surface area contributed by atoms with Crippen LogP contribution in [0, 0.1) is 0 Å². The summed E-state index contributed by atoms with van der Waals surface area (Å²) in [6, 6.07) is 0. The molecule has 0 saturated heterocycles. The zero-order valence-electron chi connectivity index (χ0n) is 26.4. The van der Waals surface area contributed by atoms with E-state index in [0.717, 1.165) is 64.6 Å². The second-order valence-electron chi connectivity index (χ2n) is 11.7. The third-order valence-electron chi connectivity index (χ3n) is 8.09. The Morgan fingerprint density at radius 1 is 0.675 bits per heavy atom. The number of unbranched alkanes of at least 4 members (excludes halogenated alkanes) is 14. The highest BCUT2D eigenvalue weighted by molar-refractivity contribution is 5.69. The fourth-order valence-corrected chi connectivity index (χ4v) is 5.44. The fourth-order valence-electron chi connectivity index (χ4n) is 5.44. The molecule has 236 valence electrons. The number of carbonyl (C=O) groups is 1. The van der Waals surface area contributed by atoms with E-state index in [-0.39, 0.29) is 12.1 Å². The Labute approximate surface area is 246 Å². The standard InChI is InChI=1S/C33H65N3O4/c1-4-6-8-10-13-17-22-28(23-18-14-11-9-7-5-2)40-29(37)24-19-15-12-16-20-25-35-26-21-27-36-31-30(34-3)32(38)33(31)39/h28,32-36,38-39H,4-27H2,1-3H3. The number of nitrogens with one attached hydrogen (secondary N) is 3. The zero-order chi connectivity index (χ0) is 29.3. The predicted octanol–water partition coefficient (Wildman–Crippen LogP) is 6.48. The lowest BCUT2D eigenvalue weighted by Crippen LogP contribution is -2.50. The number of rotatable bonds is 29. The van der Waals surface area contributed by atoms with Gasteiger partial charge in [0.05, 0.1) is 11.4 Å². The van der Waals surface area contributed by atoms with Crippen molar-refractivity contribution in [3.05, 3.63) is 11.4 Å². The maximum atomic E-state index is 12.5. The molecule has 0 fully saturated rings. The number of aliphatic hydroxyl groups is 2. The van der Waals surface area contributed by atoms with E-state index < -0.39 is 12.2 Å². The van der Waals surface area contributed by atoms with Crippen molar-refractivity contribution in [3.8, 4) is 0 Å². The van der Waals surface area contributed by atoms with Crippen molar-refractivity contribution in [2.75, 3.05) is 26.7 Å². The molecule has 0 aromatic carbocycles. The molecule has 2 unspecified atom stereocenters. The van der Waals surface area contributed by atoms with Gasteiger partial charge in [-0.25, -0.2) is 0 Å². The van der Waals surface area contributed by atoms with Gasteiger partial charge in [-0.1, -0.05) is 97.3 Å². The van der Waals surface area contributed by atoms with Crippen LogP contribution in [-0.2, 0) is 9.53 Å². The van der Waals surface area contributed by atoms with E-state index in [9.17, 15) is 15.0 Å². The highest BCUT2D eigenvalue weighted by atomic mass is 16.5. The summed E-state index contributed by atoms with van der Waals surface area (Å²) in [6.07, 6.45) is 23.1. The summed E-state index contributed by atoms with van der Waals surface area (Å²) in [5.41, 5.74) is 1.40. The van der Waals surface area contributed by atoms with Crippen LogP contribution in [0.15, 0.2) is 11.4 Å². The molecule has 0 bridgehead atoms. The number of ether oxygens (including phenoxy) is 1. The van der Waals surface area contributed by atoms with Gasteiger partial charge in [0.2, 0.25) is 0 Å². The lowest BCUT2D eigenvalue weighted by molar-refractivity contribution is -0.150. The minimum atomic E-state index is -0.797. The van der Waals surface area contributed by atoms with Gasteiger partial charge in [-0.2, -0.15) is 0 Å². The molecule has 0 aliphatic heterocycles. The minimum Gasteiger partial charge on any atom is -0.462 e. The van der Waals surface area contributed by atoms with Crippen LogP contribution in [-0.4, -0.2) is 61.2 Å². The molecule has 2 atom stereocenters. The molecule has 40 heavy (non-hydrogen) atoms. The highest BCUT2D eigenvalue weighted by Crippen LogP contribution is 2.24. The van der Waals surface area contributed by atoms with E-state index in [1.165, 1.54) is 83.5 Å². The molecule has 0 spiro atoms. The monoisotopic (exact) mass is 567 g/mol. The van der Waals surface area contributed by atoms with Gasteiger partial charge in [0, 0.05) is 20.0 Å². The van der Waals surface area contributed by atoms with Crippen molar-refractivity contribution in [2.24, 2.45) is 0 Å². The number of carbonyl (C=O) groups excluding carboxylic acids is 1. The van der Waals surface area contributed by atoms with Crippen LogP contribution in [0.3, 0.4) is 0 Å². The summed E-state index contributed by atoms with van der Waals surface area (Å²) < 4.78 is 5.96. The summed E-state index contributed by atoms with van der Waals surface area (Å²) in [7, 11) is 1.75. The Hall–Kier alpha value is -1.31. The van der Waals surface area contributed by atoms with Crippen LogP contribution in [0.5, 0.6) is 0 Å². The molecule has 0 saturated carbocycles. The van der Waals surface area contributed by atoms with Crippen LogP contribution in [0.1, 0.15) is 149 Å². The Balaban J connectivity index is 2.05. The van der Waals surface area contributed by atoms with Crippen LogP contribution >= 0.6 is 0 Å². The van der Waals surface area contributed by atoms with Crippen molar-refractivity contribution < 1.29 is 19.7 Å². The fraction of sp³-hybridized carbons (Fsp3) is 0.909. The molecule has 0 radical (unpaired) electrons. The minimum absolute atomic E-state index is 0.0128. The van der Waals surface area contributed by atoms with Crippen LogP contribution in [0.25, 0.3) is 0 Å². The van der Waals surface area contributed by atoms with E-state index in [4.69, 9.17) is 4.74 Å². The van der Waals surface area contributed by atoms with Crippen LogP contribution in [0.2, 0.25) is 0 Å². The van der Waals surface area contributed by atoms with Crippen LogP contribution in [0.4, 0.5) is 0 Å². The number of likely N-dealkylation sites (N-methyl/N-ethyl adjacent to an activating group) is 1. The second-order valence-corrected chi connectivity index (χ2v) is 11.7. The van der Waals surface area contributed by atoms with Gasteiger partial charge in [0.15, 0.2) is 0 Å². The maximum Gasteiger partial charge on any atom is 0.306 e. The predicted molar refractivity (Wildman–Crippen MR) is 167 cm³/mol. The Kier molecular flexibility index (Phi) is 23.3. The Morgan fingerprint density at radius 3 is 1.77 bits per heavy atom. The summed E-state index contributed by atoms with van der Waals surface area (Å²) in [5.74, 6) is 0.0128. The average Bonchev–Trinajstić information content (AvgIpc) is 2.95. The number of hydrogen-bond donors (Lipinski definition) is 5. The molecule has 0 aromatic rings. The van der Waals surface area contributed by atoms with E-state index in [1.807, 2.05) is 0 Å². The Morgan fingerprint density at radius 2 is 1.18 bits per heavy atom. The first-order valence-electron chi connectivity index (χ1n) is 17.0. The molecular formula is C33H65N3O4. The van der Waals surface area contributed by atoms with Gasteiger partial charge in [0.25, 0.3) is 0 Å². The largest absolute Gasteiger partial charge is 0.462 e. The van der Waals surface area contributed by atoms with E-state index in [2.05, 4.69) is 29.8 Å². The van der Waals surface area contributed by atoms with E-state index in [0.29, 0.717) is 17.8 Å². The summed E-state index contributed by atoms with van der Waals surface area (Å²) in [6.45, 7) is 7.22. The Bertz CT molecular complexity index is 627. The van der Waals surface area contributed by atoms with Crippen molar-refractivity contribution >= 4 is 5.97 Å². The molecule has 7 nitrogen and oxygen atoms in total. The third-order valence-corrected chi connectivity index (χ3v) is 8.09. The molecule has 1 aliphatic rings. The first kappa shape index (κ1) is 36.7. The van der Waals surface area contributed by atoms with Gasteiger partial charge in [0.1, 0.15) is 18.3 Å². The number of esters is 1. The molecule has 0 aromatic heterocycles. The summed E-state index contributed by atoms with van der Waals surface area (Å²) >= 11 is 0. The molecule has 7 heteroatoms. The second kappa shape index (κ2) is 25.4. The smallest absolute Gasteiger partial charge is 0.306 e. The van der Waals surface area contributed by atoms with E-state index in [1.54, 1.807) is 7.05 Å². The first-order chi connectivity index (χ1) is 19.5. The number of hydrogen-bond acceptors (Lipinski definition) is 7. The topological polar surface area (TPSA) is 103 Å². The van der Waals surface area contributed by atoms with Gasteiger partial charge in [-0.3, -0.25) is 4.79 Å². The average molecular weight is 568 g/mol. The third kappa shape index (κ3) is 17.5. The molecule has 0 heterocycles. The summed E-state index contributed by atoms with van der Waals surface area (Å²) in [4.78, 5) is 12.5. The molecule has 0 amide bonds. The molecule has 5 N–H and O–H groups in total. The normalized spacial score (nSPS) is 16.9. The van der Waals surface area contributed by atoms with Gasteiger partial charge < -0.3 is 30.9 Å². The SMILES string of the molecule is CCCCCCCCC(CCCCCCCC)OC(=O)CCCCCCCNCCCNC1=C(NC)C(O)C1O. The van der Waals surface area contributed by atoms with E-state index >= 15 is 0 Å². The zero-order valence-corrected chi connectivity index (χ0v) is 26.4. The first-order valence-corrected chi connectivity index (χ1v) is 17.0. The van der Waals surface area contributed by atoms with Gasteiger partial charge in [-0.05, 0) is 58.0 Å². The number of aliphatic hydroxyl groups excluding tert-OH is 2. The van der Waals surface area contributed by atoms with Crippen molar-refractivity contribution in [1.82, 2.24) is 16.0 Å². The van der Waals surface area contributed by atoms with Gasteiger partial charge in [-0.15, -0.1) is 0 Å². The molecule has 1 rings (SSSR count). The quantitative estimate of drug-likeness (QED) is 0.0521. The summed E-state index contributed by atoms with van der Waals surface area (Å²) in [5, 5.41) is 29.1. The lowest BCUT2D eigenvalue weighted by atomic mass is 9.93.